The van der Waals surface area contributed by atoms with Crippen molar-refractivity contribution in [1.29, 1.82) is 0 Å². The van der Waals surface area contributed by atoms with E-state index in [0.717, 1.165) is 48.4 Å². The molecule has 5 aliphatic rings. The fourth-order valence-corrected chi connectivity index (χ4v) is 8.12. The van der Waals surface area contributed by atoms with Crippen molar-refractivity contribution in [2.45, 2.75) is 55.2 Å². The molecule has 5 N–H and O–H groups in total. The minimum Gasteiger partial charge on any atom is -0.506 e. The molecular weight excluding hydrogens is 428 g/mol. The van der Waals surface area contributed by atoms with Crippen molar-refractivity contribution in [2.24, 2.45) is 5.92 Å². The number of aromatic hydroxyl groups is 3. The number of hydrogen-bond donors (Lipinski definition) is 5. The lowest BCUT2D eigenvalue weighted by atomic mass is 9.48. The highest BCUT2D eigenvalue weighted by Gasteiger charge is 2.71. The van der Waals surface area contributed by atoms with Crippen LogP contribution in [0.1, 0.15) is 47.6 Å². The number of phenolic OH excluding ortho intramolecular Hbond substituents is 3. The zero-order valence-corrected chi connectivity index (χ0v) is 18.9. The largest absolute Gasteiger partial charge is 0.506 e. The Kier molecular flexibility index (Phi) is 3.41. The molecule has 174 valence electrons. The molecule has 0 aromatic heterocycles. The van der Waals surface area contributed by atoms with Crippen LogP contribution in [0, 0.1) is 5.92 Å². The third kappa shape index (κ3) is 2.03. The Morgan fingerprint density at radius 2 is 1.79 bits per heavy atom. The summed E-state index contributed by atoms with van der Waals surface area (Å²) in [4.78, 5) is 2.52. The van der Waals surface area contributed by atoms with Crippen molar-refractivity contribution in [3.05, 3.63) is 58.7 Å². The SMILES string of the molecule is Oc1ccc2c3c1N[C@H]1c4c(O)c(O)c5ccccc5c4C[C@@]4(O)C(C2)N(CC2CC2)CC[C@]314. The molecule has 2 heterocycles. The summed E-state index contributed by atoms with van der Waals surface area (Å²) < 4.78 is 0. The number of likely N-dealkylation sites (tertiary alicyclic amines) is 1. The Morgan fingerprint density at radius 1 is 1.00 bits per heavy atom. The van der Waals surface area contributed by atoms with Crippen LogP contribution in [0.4, 0.5) is 5.69 Å². The molecule has 6 heteroatoms. The Labute approximate surface area is 197 Å². The normalized spacial score (nSPS) is 32.9. The number of hydrogen-bond acceptors (Lipinski definition) is 6. The molecule has 1 saturated heterocycles. The molecular formula is C28H28N2O4. The van der Waals surface area contributed by atoms with E-state index in [1.165, 1.54) is 18.4 Å². The summed E-state index contributed by atoms with van der Waals surface area (Å²) in [5.74, 6) is 0.676. The number of aliphatic hydroxyl groups is 1. The summed E-state index contributed by atoms with van der Waals surface area (Å²) in [7, 11) is 0. The second kappa shape index (κ2) is 5.99. The second-order valence-electron chi connectivity index (χ2n) is 11.2. The first-order valence-corrected chi connectivity index (χ1v) is 12.5. The number of benzene rings is 3. The smallest absolute Gasteiger partial charge is 0.165 e. The molecule has 34 heavy (non-hydrogen) atoms. The van der Waals surface area contributed by atoms with E-state index in [-0.39, 0.29) is 23.3 Å². The molecule has 2 bridgehead atoms. The Balaban J connectivity index is 1.46. The minimum absolute atomic E-state index is 0.0306. The summed E-state index contributed by atoms with van der Waals surface area (Å²) in [6, 6.07) is 10.9. The van der Waals surface area contributed by atoms with Gasteiger partial charge in [-0.1, -0.05) is 30.3 Å². The minimum atomic E-state index is -1.05. The van der Waals surface area contributed by atoms with Crippen molar-refractivity contribution in [3.8, 4) is 17.2 Å². The molecule has 0 radical (unpaired) electrons. The van der Waals surface area contributed by atoms with Crippen LogP contribution in [-0.4, -0.2) is 50.1 Å². The second-order valence-corrected chi connectivity index (χ2v) is 11.2. The maximum absolute atomic E-state index is 12.9. The van der Waals surface area contributed by atoms with Gasteiger partial charge in [0, 0.05) is 30.0 Å². The highest BCUT2D eigenvalue weighted by Crippen LogP contribution is 2.69. The first-order valence-electron chi connectivity index (χ1n) is 12.5. The van der Waals surface area contributed by atoms with Crippen LogP contribution in [0.15, 0.2) is 36.4 Å². The van der Waals surface area contributed by atoms with E-state index in [0.29, 0.717) is 23.1 Å². The highest BCUT2D eigenvalue weighted by atomic mass is 16.3. The molecule has 2 fully saturated rings. The lowest BCUT2D eigenvalue weighted by molar-refractivity contribution is -0.155. The van der Waals surface area contributed by atoms with E-state index >= 15 is 0 Å². The van der Waals surface area contributed by atoms with Crippen molar-refractivity contribution in [2.75, 3.05) is 18.4 Å². The topological polar surface area (TPSA) is 96.2 Å². The zero-order chi connectivity index (χ0) is 23.0. The van der Waals surface area contributed by atoms with Crippen LogP contribution >= 0.6 is 0 Å². The highest BCUT2D eigenvalue weighted by molar-refractivity contribution is 5.96. The van der Waals surface area contributed by atoms with E-state index in [2.05, 4.69) is 10.2 Å². The summed E-state index contributed by atoms with van der Waals surface area (Å²) >= 11 is 0. The molecule has 3 aromatic carbocycles. The predicted molar refractivity (Wildman–Crippen MR) is 128 cm³/mol. The van der Waals surface area contributed by atoms with Crippen molar-refractivity contribution in [3.63, 3.8) is 0 Å². The number of piperidine rings is 1. The molecule has 2 aliphatic heterocycles. The van der Waals surface area contributed by atoms with Crippen LogP contribution < -0.4 is 5.32 Å². The maximum atomic E-state index is 12.9. The summed E-state index contributed by atoms with van der Waals surface area (Å²) in [5.41, 5.74) is 2.71. The number of phenols is 3. The molecule has 3 aliphatic carbocycles. The molecule has 1 unspecified atom stereocenters. The lowest BCUT2D eigenvalue weighted by Crippen LogP contribution is -2.74. The van der Waals surface area contributed by atoms with E-state index in [9.17, 15) is 20.4 Å². The van der Waals surface area contributed by atoms with E-state index in [1.54, 1.807) is 6.07 Å². The van der Waals surface area contributed by atoms with Crippen molar-refractivity contribution >= 4 is 16.5 Å². The summed E-state index contributed by atoms with van der Waals surface area (Å²) in [6.45, 7) is 1.90. The molecule has 1 spiro atoms. The average Bonchev–Trinajstić information content (AvgIpc) is 3.57. The molecule has 3 aromatic rings. The first kappa shape index (κ1) is 19.4. The van der Waals surface area contributed by atoms with Gasteiger partial charge in [-0.15, -0.1) is 0 Å². The predicted octanol–water partition coefficient (Wildman–Crippen LogP) is 3.69. The summed E-state index contributed by atoms with van der Waals surface area (Å²) in [5, 5.41) is 51.0. The van der Waals surface area contributed by atoms with Gasteiger partial charge in [-0.25, -0.2) is 0 Å². The molecule has 4 atom stereocenters. The van der Waals surface area contributed by atoms with Gasteiger partial charge in [-0.3, -0.25) is 4.90 Å². The van der Waals surface area contributed by atoms with Gasteiger partial charge in [0.25, 0.3) is 0 Å². The van der Waals surface area contributed by atoms with E-state index in [4.69, 9.17) is 0 Å². The van der Waals surface area contributed by atoms with Crippen LogP contribution in [0.25, 0.3) is 10.8 Å². The van der Waals surface area contributed by atoms with E-state index < -0.39 is 17.1 Å². The number of rotatable bonds is 2. The molecule has 6 nitrogen and oxygen atoms in total. The standard InChI is InChI=1S/C28H28N2O4/c31-19-8-7-15-11-20-28(34)12-18-16-3-1-2-4-17(16)24(32)25(33)21(18)26-27(28,22(15)23(19)29-26)9-10-30(20)13-14-5-6-14/h1-4,7-8,14,20,26,29,31-34H,5-6,9-13H2/t20?,26-,27-,28+/m0/s1. The van der Waals surface area contributed by atoms with Crippen molar-refractivity contribution in [1.82, 2.24) is 4.90 Å². The van der Waals surface area contributed by atoms with Gasteiger partial charge in [-0.05, 0) is 66.3 Å². The Morgan fingerprint density at radius 3 is 2.59 bits per heavy atom. The Hall–Kier alpha value is -2.96. The van der Waals surface area contributed by atoms with Gasteiger partial charge in [-0.2, -0.15) is 0 Å². The van der Waals surface area contributed by atoms with Crippen LogP contribution in [-0.2, 0) is 18.3 Å². The molecule has 8 rings (SSSR count). The first-order chi connectivity index (χ1) is 16.4. The van der Waals surface area contributed by atoms with E-state index in [1.807, 2.05) is 30.3 Å². The monoisotopic (exact) mass is 456 g/mol. The van der Waals surface area contributed by atoms with Gasteiger partial charge >= 0.3 is 0 Å². The van der Waals surface area contributed by atoms with Gasteiger partial charge in [0.15, 0.2) is 11.5 Å². The number of nitrogens with zero attached hydrogens (tertiary/aromatic N) is 1. The fraction of sp³-hybridized carbons (Fsp3) is 0.429. The molecule has 0 amide bonds. The Bertz CT molecular complexity index is 1420. The van der Waals surface area contributed by atoms with Crippen LogP contribution in [0.5, 0.6) is 17.2 Å². The van der Waals surface area contributed by atoms with Gasteiger partial charge in [0.1, 0.15) is 5.75 Å². The summed E-state index contributed by atoms with van der Waals surface area (Å²) in [6.07, 6.45) is 4.44. The van der Waals surface area contributed by atoms with Gasteiger partial charge < -0.3 is 25.7 Å². The number of nitrogens with one attached hydrogen (secondary N) is 1. The van der Waals surface area contributed by atoms with Crippen LogP contribution in [0.2, 0.25) is 0 Å². The molecule has 1 saturated carbocycles. The lowest BCUT2D eigenvalue weighted by Gasteiger charge is -2.64. The fourth-order valence-electron chi connectivity index (χ4n) is 8.12. The maximum Gasteiger partial charge on any atom is 0.165 e. The average molecular weight is 457 g/mol. The number of fused-ring (bicyclic) bond motifs is 4. The third-order valence-electron chi connectivity index (χ3n) is 9.70. The van der Waals surface area contributed by atoms with Gasteiger partial charge in [0.05, 0.1) is 22.7 Å². The van der Waals surface area contributed by atoms with Crippen LogP contribution in [0.3, 0.4) is 0 Å². The third-order valence-corrected chi connectivity index (χ3v) is 9.70. The quantitative estimate of drug-likeness (QED) is 0.378. The van der Waals surface area contributed by atoms with Crippen molar-refractivity contribution < 1.29 is 20.4 Å². The number of anilines is 1. The zero-order valence-electron chi connectivity index (χ0n) is 18.9. The van der Waals surface area contributed by atoms with Gasteiger partial charge in [0.2, 0.25) is 0 Å².